The van der Waals surface area contributed by atoms with Crippen LogP contribution in [0.1, 0.15) is 11.6 Å². The zero-order chi connectivity index (χ0) is 13.2. The van der Waals surface area contributed by atoms with Gasteiger partial charge in [0.1, 0.15) is 11.8 Å². The predicted molar refractivity (Wildman–Crippen MR) is 55.9 cm³/mol. The monoisotopic (exact) mass is 242 g/mol. The van der Waals surface area contributed by atoms with Crippen LogP contribution in [-0.4, -0.2) is 28.2 Å². The van der Waals surface area contributed by atoms with Crippen LogP contribution in [0.2, 0.25) is 0 Å². The summed E-state index contributed by atoms with van der Waals surface area (Å²) in [7, 11) is 1.26. The van der Waals surface area contributed by atoms with Crippen molar-refractivity contribution in [3.8, 4) is 11.5 Å². The predicted octanol–water partition coefficient (Wildman–Crippen LogP) is 0.393. The van der Waals surface area contributed by atoms with Crippen LogP contribution in [0, 0.1) is 10.1 Å². The number of carbonyl (C=O) groups is 1. The average molecular weight is 242 g/mol. The molecule has 0 saturated carbocycles. The van der Waals surface area contributed by atoms with E-state index >= 15 is 0 Å². The van der Waals surface area contributed by atoms with Crippen molar-refractivity contribution in [1.29, 1.82) is 0 Å². The lowest BCUT2D eigenvalue weighted by Crippen LogP contribution is -2.21. The van der Waals surface area contributed by atoms with Crippen molar-refractivity contribution in [3.63, 3.8) is 0 Å². The Morgan fingerprint density at radius 1 is 1.59 bits per heavy atom. The topological polar surface area (TPSA) is 136 Å². The first kappa shape index (κ1) is 12.7. The minimum atomic E-state index is -1.57. The van der Waals surface area contributed by atoms with E-state index in [4.69, 9.17) is 15.6 Å². The number of hydrogen-bond acceptors (Lipinski definition) is 6. The Labute approximate surface area is 95.4 Å². The van der Waals surface area contributed by atoms with E-state index in [-0.39, 0.29) is 11.3 Å². The van der Waals surface area contributed by atoms with E-state index in [1.807, 2.05) is 0 Å². The van der Waals surface area contributed by atoms with Gasteiger partial charge in [-0.1, -0.05) is 0 Å². The number of methoxy groups -OCH3 is 1. The van der Waals surface area contributed by atoms with Crippen molar-refractivity contribution >= 4 is 11.7 Å². The molecule has 0 aliphatic rings. The van der Waals surface area contributed by atoms with E-state index in [2.05, 4.69) is 0 Å². The molecule has 0 aliphatic heterocycles. The minimum absolute atomic E-state index is 0.0428. The van der Waals surface area contributed by atoms with Crippen molar-refractivity contribution in [1.82, 2.24) is 0 Å². The Balaban J connectivity index is 3.43. The number of nitrogens with zero attached hydrogens (tertiary/aromatic N) is 1. The summed E-state index contributed by atoms with van der Waals surface area (Å²) in [6.45, 7) is 0. The van der Waals surface area contributed by atoms with Crippen molar-refractivity contribution in [2.75, 3.05) is 7.11 Å². The average Bonchev–Trinajstić information content (AvgIpc) is 2.27. The fourth-order valence-electron chi connectivity index (χ4n) is 1.24. The standard InChI is InChI=1S/C9H10N2O6/c1-17-4-2-5(7(10)9(13)14)8(12)6(3-4)11(15)16/h2-3,7,12H,10H2,1H3,(H,13,14)/t7-/m0/s1. The molecule has 0 aliphatic carbocycles. The number of rotatable bonds is 4. The Hall–Kier alpha value is -2.35. The lowest BCUT2D eigenvalue weighted by molar-refractivity contribution is -0.386. The first-order valence-corrected chi connectivity index (χ1v) is 4.42. The van der Waals surface area contributed by atoms with Gasteiger partial charge in [-0.15, -0.1) is 0 Å². The van der Waals surface area contributed by atoms with Crippen LogP contribution in [0.4, 0.5) is 5.69 Å². The number of nitro groups is 1. The van der Waals surface area contributed by atoms with Gasteiger partial charge in [0, 0.05) is 5.56 Å². The lowest BCUT2D eigenvalue weighted by Gasteiger charge is -2.11. The molecular weight excluding hydrogens is 232 g/mol. The first-order chi connectivity index (χ1) is 7.88. The fourth-order valence-corrected chi connectivity index (χ4v) is 1.24. The molecule has 0 saturated heterocycles. The number of benzene rings is 1. The fraction of sp³-hybridized carbons (Fsp3) is 0.222. The van der Waals surface area contributed by atoms with Crippen LogP contribution in [0.15, 0.2) is 12.1 Å². The summed E-state index contributed by atoms with van der Waals surface area (Å²) in [5, 5.41) is 28.9. The molecule has 0 heterocycles. The van der Waals surface area contributed by atoms with Crippen LogP contribution in [0.3, 0.4) is 0 Å². The van der Waals surface area contributed by atoms with Crippen molar-refractivity contribution in [2.24, 2.45) is 5.73 Å². The Morgan fingerprint density at radius 3 is 2.59 bits per heavy atom. The van der Waals surface area contributed by atoms with Crippen LogP contribution in [0.25, 0.3) is 0 Å². The second-order valence-corrected chi connectivity index (χ2v) is 3.16. The van der Waals surface area contributed by atoms with Gasteiger partial charge in [-0.05, 0) is 6.07 Å². The van der Waals surface area contributed by atoms with Gasteiger partial charge in [0.25, 0.3) is 0 Å². The van der Waals surface area contributed by atoms with Gasteiger partial charge in [-0.25, -0.2) is 0 Å². The quantitative estimate of drug-likeness (QED) is 0.513. The number of aromatic hydroxyl groups is 1. The summed E-state index contributed by atoms with van der Waals surface area (Å²) in [5.74, 6) is -2.14. The number of phenols is 1. The zero-order valence-electron chi connectivity index (χ0n) is 8.78. The largest absolute Gasteiger partial charge is 0.502 e. The number of nitrogens with two attached hydrogens (primary N) is 1. The van der Waals surface area contributed by atoms with Crippen LogP contribution in [0.5, 0.6) is 11.5 Å². The van der Waals surface area contributed by atoms with E-state index in [1.165, 1.54) is 7.11 Å². The van der Waals surface area contributed by atoms with Crippen molar-refractivity contribution in [2.45, 2.75) is 6.04 Å². The molecule has 0 aromatic heterocycles. The van der Waals surface area contributed by atoms with Gasteiger partial charge in [-0.2, -0.15) is 0 Å². The lowest BCUT2D eigenvalue weighted by atomic mass is 10.0. The van der Waals surface area contributed by atoms with Crippen molar-refractivity contribution < 1.29 is 24.7 Å². The third kappa shape index (κ3) is 2.42. The smallest absolute Gasteiger partial charge is 0.325 e. The summed E-state index contributed by atoms with van der Waals surface area (Å²) < 4.78 is 4.77. The number of nitro benzene ring substituents is 1. The Morgan fingerprint density at radius 2 is 2.18 bits per heavy atom. The van der Waals surface area contributed by atoms with Crippen molar-refractivity contribution in [3.05, 3.63) is 27.8 Å². The molecule has 0 bridgehead atoms. The van der Waals surface area contributed by atoms with Crippen LogP contribution < -0.4 is 10.5 Å². The molecule has 0 unspecified atom stereocenters. The molecule has 8 heteroatoms. The van der Waals surface area contributed by atoms with E-state index in [1.54, 1.807) is 0 Å². The van der Waals surface area contributed by atoms with E-state index in [9.17, 15) is 20.0 Å². The maximum absolute atomic E-state index is 10.7. The summed E-state index contributed by atoms with van der Waals surface area (Å²) in [4.78, 5) is 20.5. The highest BCUT2D eigenvalue weighted by Crippen LogP contribution is 2.36. The van der Waals surface area contributed by atoms with Gasteiger partial charge in [0.2, 0.25) is 0 Å². The maximum atomic E-state index is 10.7. The number of aliphatic carboxylic acids is 1. The van der Waals surface area contributed by atoms with Gasteiger partial charge in [0.05, 0.1) is 18.1 Å². The molecule has 1 rings (SSSR count). The highest BCUT2D eigenvalue weighted by molar-refractivity contribution is 5.77. The normalized spacial score (nSPS) is 11.9. The van der Waals surface area contributed by atoms with E-state index in [0.717, 1.165) is 12.1 Å². The molecule has 92 valence electrons. The van der Waals surface area contributed by atoms with Gasteiger partial charge >= 0.3 is 11.7 Å². The van der Waals surface area contributed by atoms with Gasteiger partial charge in [0.15, 0.2) is 5.75 Å². The third-order valence-corrected chi connectivity index (χ3v) is 2.13. The molecule has 1 aromatic carbocycles. The van der Waals surface area contributed by atoms with Crippen LogP contribution >= 0.6 is 0 Å². The molecule has 1 aromatic rings. The highest BCUT2D eigenvalue weighted by Gasteiger charge is 2.26. The van der Waals surface area contributed by atoms with E-state index < -0.39 is 28.4 Å². The number of phenolic OH excluding ortho intramolecular Hbond substituents is 1. The summed E-state index contributed by atoms with van der Waals surface area (Å²) in [6.07, 6.45) is 0. The molecule has 1 atom stereocenters. The molecular formula is C9H10N2O6. The zero-order valence-corrected chi connectivity index (χ0v) is 8.78. The number of carboxylic acids is 1. The second-order valence-electron chi connectivity index (χ2n) is 3.16. The summed E-state index contributed by atoms with van der Waals surface area (Å²) in [5.41, 5.74) is 4.36. The molecule has 0 spiro atoms. The van der Waals surface area contributed by atoms with Gasteiger partial charge in [-0.3, -0.25) is 14.9 Å². The molecule has 8 nitrogen and oxygen atoms in total. The molecule has 0 amide bonds. The number of ether oxygens (including phenoxy) is 1. The molecule has 0 radical (unpaired) electrons. The number of carboxylic acid groups (broad SMARTS) is 1. The number of hydrogen-bond donors (Lipinski definition) is 3. The second kappa shape index (κ2) is 4.66. The summed E-state index contributed by atoms with van der Waals surface area (Å²) >= 11 is 0. The SMILES string of the molecule is COc1cc([C@H](N)C(=O)O)c(O)c([N+](=O)[O-])c1. The summed E-state index contributed by atoms with van der Waals surface area (Å²) in [6, 6.07) is 0.554. The first-order valence-electron chi connectivity index (χ1n) is 4.42. The Kier molecular flexibility index (Phi) is 3.49. The third-order valence-electron chi connectivity index (χ3n) is 2.13. The van der Waals surface area contributed by atoms with E-state index in [0.29, 0.717) is 0 Å². The molecule has 4 N–H and O–H groups in total. The maximum Gasteiger partial charge on any atom is 0.325 e. The van der Waals surface area contributed by atoms with Gasteiger partial charge < -0.3 is 20.7 Å². The minimum Gasteiger partial charge on any atom is -0.502 e. The molecule has 0 fully saturated rings. The Bertz CT molecular complexity index is 473. The van der Waals surface area contributed by atoms with Crippen LogP contribution in [-0.2, 0) is 4.79 Å². The molecule has 17 heavy (non-hydrogen) atoms. The highest BCUT2D eigenvalue weighted by atomic mass is 16.6.